The van der Waals surface area contributed by atoms with Crippen molar-refractivity contribution in [2.45, 2.75) is 57.2 Å². The summed E-state index contributed by atoms with van der Waals surface area (Å²) >= 11 is 5.66. The van der Waals surface area contributed by atoms with E-state index in [0.29, 0.717) is 17.1 Å². The molecule has 1 N–H and O–H groups in total. The zero-order valence-corrected chi connectivity index (χ0v) is 12.5. The minimum atomic E-state index is -4.41. The van der Waals surface area contributed by atoms with E-state index < -0.39 is 11.7 Å². The van der Waals surface area contributed by atoms with E-state index in [-0.39, 0.29) is 5.02 Å². The maximum atomic E-state index is 12.9. The average molecular weight is 318 g/mol. The molecule has 0 bridgehead atoms. The average Bonchev–Trinajstić information content (AvgIpc) is 2.45. The number of anilines is 1. The standard InChI is InChI=1S/C16H19ClF3N/c17-13-5-4-11(10-12(13)16(18,19)20)21-14-6-9-15(14)7-2-1-3-8-15/h4-5,10,14,21H,1-3,6-9H2. The summed E-state index contributed by atoms with van der Waals surface area (Å²) in [5.74, 6) is 0. The minimum absolute atomic E-state index is 0.242. The van der Waals surface area contributed by atoms with Crippen molar-refractivity contribution >= 4 is 17.3 Å². The van der Waals surface area contributed by atoms with Crippen molar-refractivity contribution in [3.05, 3.63) is 28.8 Å². The molecule has 1 unspecified atom stereocenters. The van der Waals surface area contributed by atoms with E-state index in [4.69, 9.17) is 11.6 Å². The lowest BCUT2D eigenvalue weighted by Crippen LogP contribution is -2.50. The first-order valence-electron chi connectivity index (χ1n) is 7.54. The molecule has 3 rings (SSSR count). The molecule has 1 nitrogen and oxygen atoms in total. The van der Waals surface area contributed by atoms with Crippen molar-refractivity contribution in [3.63, 3.8) is 0 Å². The van der Waals surface area contributed by atoms with Crippen molar-refractivity contribution in [1.82, 2.24) is 0 Å². The zero-order valence-electron chi connectivity index (χ0n) is 11.8. The highest BCUT2D eigenvalue weighted by molar-refractivity contribution is 6.31. The van der Waals surface area contributed by atoms with E-state index in [9.17, 15) is 13.2 Å². The van der Waals surface area contributed by atoms with Crippen LogP contribution in [0.15, 0.2) is 18.2 Å². The fourth-order valence-electron chi connectivity index (χ4n) is 3.81. The molecule has 2 aliphatic carbocycles. The predicted octanol–water partition coefficient (Wildman–Crippen LogP) is 5.88. The Balaban J connectivity index is 1.76. The van der Waals surface area contributed by atoms with E-state index in [0.717, 1.165) is 12.5 Å². The van der Waals surface area contributed by atoms with Gasteiger partial charge in [0.25, 0.3) is 0 Å². The van der Waals surface area contributed by atoms with Crippen LogP contribution in [0.5, 0.6) is 0 Å². The molecular weight excluding hydrogens is 299 g/mol. The van der Waals surface area contributed by atoms with E-state index in [1.165, 1.54) is 44.6 Å². The van der Waals surface area contributed by atoms with Crippen LogP contribution in [0.4, 0.5) is 18.9 Å². The first-order valence-corrected chi connectivity index (χ1v) is 7.92. The molecule has 0 aromatic heterocycles. The molecule has 0 aliphatic heterocycles. The van der Waals surface area contributed by atoms with Crippen LogP contribution in [0, 0.1) is 5.41 Å². The lowest BCUT2D eigenvalue weighted by atomic mass is 9.57. The highest BCUT2D eigenvalue weighted by Crippen LogP contribution is 2.52. The second-order valence-corrected chi connectivity index (χ2v) is 6.76. The van der Waals surface area contributed by atoms with Crippen LogP contribution in [-0.2, 0) is 6.18 Å². The number of hydrogen-bond acceptors (Lipinski definition) is 1. The second kappa shape index (κ2) is 5.38. The van der Waals surface area contributed by atoms with Gasteiger partial charge < -0.3 is 5.32 Å². The number of alkyl halides is 3. The maximum Gasteiger partial charge on any atom is 0.417 e. The van der Waals surface area contributed by atoms with Gasteiger partial charge in [-0.2, -0.15) is 13.2 Å². The third-order valence-electron chi connectivity index (χ3n) is 5.13. The van der Waals surface area contributed by atoms with Gasteiger partial charge in [-0.1, -0.05) is 30.9 Å². The third-order valence-corrected chi connectivity index (χ3v) is 5.46. The molecule has 0 saturated heterocycles. The van der Waals surface area contributed by atoms with Crippen molar-refractivity contribution in [1.29, 1.82) is 0 Å². The highest BCUT2D eigenvalue weighted by atomic mass is 35.5. The molecule has 1 aromatic rings. The first-order chi connectivity index (χ1) is 9.91. The van der Waals surface area contributed by atoms with E-state index in [2.05, 4.69) is 5.32 Å². The molecule has 116 valence electrons. The second-order valence-electron chi connectivity index (χ2n) is 6.35. The SMILES string of the molecule is FC(F)(F)c1cc(NC2CCC23CCCCC3)ccc1Cl. The van der Waals surface area contributed by atoms with Crippen molar-refractivity contribution in [2.75, 3.05) is 5.32 Å². The molecular formula is C16H19ClF3N. The Morgan fingerprint density at radius 1 is 1.10 bits per heavy atom. The normalized spacial score (nSPS) is 24.7. The Morgan fingerprint density at radius 3 is 2.38 bits per heavy atom. The topological polar surface area (TPSA) is 12.0 Å². The lowest BCUT2D eigenvalue weighted by Gasteiger charge is -2.52. The van der Waals surface area contributed by atoms with Crippen molar-refractivity contribution in [3.8, 4) is 0 Å². The molecule has 0 radical (unpaired) electrons. The molecule has 1 spiro atoms. The van der Waals surface area contributed by atoms with Gasteiger partial charge in [-0.3, -0.25) is 0 Å². The van der Waals surface area contributed by atoms with Crippen LogP contribution in [0.1, 0.15) is 50.5 Å². The molecule has 0 amide bonds. The molecule has 0 heterocycles. The van der Waals surface area contributed by atoms with Gasteiger partial charge >= 0.3 is 6.18 Å². The molecule has 2 saturated carbocycles. The van der Waals surface area contributed by atoms with Crippen LogP contribution in [-0.4, -0.2) is 6.04 Å². The largest absolute Gasteiger partial charge is 0.417 e. The summed E-state index contributed by atoms with van der Waals surface area (Å²) in [7, 11) is 0. The predicted molar refractivity (Wildman–Crippen MR) is 78.6 cm³/mol. The Labute approximate surface area is 127 Å². The Morgan fingerprint density at radius 2 is 1.81 bits per heavy atom. The van der Waals surface area contributed by atoms with Crippen molar-refractivity contribution < 1.29 is 13.2 Å². The van der Waals surface area contributed by atoms with Gasteiger partial charge in [0.1, 0.15) is 0 Å². The molecule has 2 aliphatic rings. The van der Waals surface area contributed by atoms with Crippen LogP contribution in [0.25, 0.3) is 0 Å². The maximum absolute atomic E-state index is 12.9. The van der Waals surface area contributed by atoms with Crippen LogP contribution in [0.2, 0.25) is 5.02 Å². The van der Waals surface area contributed by atoms with Gasteiger partial charge in [-0.05, 0) is 49.3 Å². The van der Waals surface area contributed by atoms with E-state index in [1.807, 2.05) is 0 Å². The van der Waals surface area contributed by atoms with E-state index >= 15 is 0 Å². The molecule has 1 aromatic carbocycles. The van der Waals surface area contributed by atoms with Gasteiger partial charge in [-0.25, -0.2) is 0 Å². The van der Waals surface area contributed by atoms with Crippen molar-refractivity contribution in [2.24, 2.45) is 5.41 Å². The summed E-state index contributed by atoms with van der Waals surface area (Å²) in [4.78, 5) is 0. The van der Waals surface area contributed by atoms with Gasteiger partial charge in [0.05, 0.1) is 10.6 Å². The smallest absolute Gasteiger partial charge is 0.382 e. The number of halogens is 4. The fourth-order valence-corrected chi connectivity index (χ4v) is 4.03. The summed E-state index contributed by atoms with van der Waals surface area (Å²) in [6.45, 7) is 0. The fraction of sp³-hybridized carbons (Fsp3) is 0.625. The van der Waals surface area contributed by atoms with Crippen LogP contribution >= 0.6 is 11.6 Å². The molecule has 1 atom stereocenters. The Hall–Kier alpha value is -0.900. The highest BCUT2D eigenvalue weighted by Gasteiger charge is 2.46. The summed E-state index contributed by atoms with van der Waals surface area (Å²) in [5.41, 5.74) is 0.0866. The van der Waals surface area contributed by atoms with E-state index in [1.54, 1.807) is 6.07 Å². The van der Waals surface area contributed by atoms with Crippen LogP contribution in [0.3, 0.4) is 0 Å². The number of rotatable bonds is 2. The summed E-state index contributed by atoms with van der Waals surface area (Å²) in [6, 6.07) is 4.42. The first kappa shape index (κ1) is 15.0. The summed E-state index contributed by atoms with van der Waals surface area (Å²) in [5, 5.41) is 3.08. The minimum Gasteiger partial charge on any atom is -0.382 e. The van der Waals surface area contributed by atoms with Gasteiger partial charge in [-0.15, -0.1) is 0 Å². The number of benzene rings is 1. The Bertz CT molecular complexity index is 521. The van der Waals surface area contributed by atoms with Gasteiger partial charge in [0.15, 0.2) is 0 Å². The third kappa shape index (κ3) is 2.87. The van der Waals surface area contributed by atoms with Crippen LogP contribution < -0.4 is 5.32 Å². The summed E-state index contributed by atoms with van der Waals surface area (Å²) < 4.78 is 38.7. The summed E-state index contributed by atoms with van der Waals surface area (Å²) in [6.07, 6.45) is 4.01. The molecule has 21 heavy (non-hydrogen) atoms. The Kier molecular flexibility index (Phi) is 3.85. The lowest BCUT2D eigenvalue weighted by molar-refractivity contribution is -0.137. The van der Waals surface area contributed by atoms with Gasteiger partial charge in [0.2, 0.25) is 0 Å². The zero-order chi connectivity index (χ0) is 15.1. The number of nitrogens with one attached hydrogen (secondary N) is 1. The monoisotopic (exact) mass is 317 g/mol. The van der Waals surface area contributed by atoms with Gasteiger partial charge in [0, 0.05) is 11.7 Å². The molecule has 2 fully saturated rings. The number of hydrogen-bond donors (Lipinski definition) is 1. The quantitative estimate of drug-likeness (QED) is 0.717. The molecule has 5 heteroatoms.